The Morgan fingerprint density at radius 2 is 1.33 bits per heavy atom. The second-order valence-electron chi connectivity index (χ2n) is 7.95. The molecule has 5 unspecified atom stereocenters. The normalized spacial score (nSPS) is 15.5. The van der Waals surface area contributed by atoms with Crippen molar-refractivity contribution in [2.24, 2.45) is 11.7 Å². The van der Waals surface area contributed by atoms with E-state index in [0.717, 1.165) is 6.92 Å². The molecule has 33 heavy (non-hydrogen) atoms. The fraction of sp³-hybridized carbons (Fsp3) is 0.684. The van der Waals surface area contributed by atoms with Crippen molar-refractivity contribution in [1.29, 1.82) is 0 Å². The van der Waals surface area contributed by atoms with Crippen LogP contribution < -0.4 is 21.7 Å². The zero-order chi connectivity index (χ0) is 25.9. The summed E-state index contributed by atoms with van der Waals surface area (Å²) in [5, 5.41) is 43.1. The van der Waals surface area contributed by atoms with Crippen LogP contribution in [0.25, 0.3) is 0 Å². The molecule has 0 aliphatic carbocycles. The van der Waals surface area contributed by atoms with Crippen molar-refractivity contribution in [2.45, 2.75) is 76.7 Å². The predicted molar refractivity (Wildman–Crippen MR) is 112 cm³/mol. The van der Waals surface area contributed by atoms with Crippen LogP contribution >= 0.6 is 0 Å². The van der Waals surface area contributed by atoms with Crippen molar-refractivity contribution in [2.75, 3.05) is 0 Å². The minimum Gasteiger partial charge on any atom is -0.481 e. The molecule has 0 fully saturated rings. The second-order valence-corrected chi connectivity index (χ2v) is 7.95. The van der Waals surface area contributed by atoms with Crippen LogP contribution in [0.2, 0.25) is 0 Å². The summed E-state index contributed by atoms with van der Waals surface area (Å²) in [4.78, 5) is 70.4. The number of nitrogens with two attached hydrogens (primary N) is 1. The van der Waals surface area contributed by atoms with Crippen LogP contribution in [0.5, 0.6) is 0 Å². The third-order valence-corrected chi connectivity index (χ3v) is 4.40. The van der Waals surface area contributed by atoms with Gasteiger partial charge in [0.05, 0.1) is 18.6 Å². The van der Waals surface area contributed by atoms with Crippen molar-refractivity contribution in [3.05, 3.63) is 0 Å². The summed E-state index contributed by atoms with van der Waals surface area (Å²) < 4.78 is 0. The maximum atomic E-state index is 12.6. The second kappa shape index (κ2) is 14.0. The Morgan fingerprint density at radius 1 is 0.788 bits per heavy atom. The highest BCUT2D eigenvalue weighted by atomic mass is 16.4. The monoisotopic (exact) mass is 476 g/mol. The van der Waals surface area contributed by atoms with Crippen molar-refractivity contribution >= 4 is 35.6 Å². The topological polar surface area (TPSA) is 245 Å². The van der Waals surface area contributed by atoms with E-state index < -0.39 is 85.2 Å². The van der Waals surface area contributed by atoms with Gasteiger partial charge in [0.25, 0.3) is 0 Å². The summed E-state index contributed by atoms with van der Waals surface area (Å²) in [6.45, 7) is 4.73. The van der Waals surface area contributed by atoms with E-state index in [9.17, 15) is 33.9 Å². The molecule has 0 rings (SSSR count). The van der Waals surface area contributed by atoms with Crippen LogP contribution in [-0.4, -0.2) is 86.3 Å². The SMILES string of the molecule is CC(C)CC(N)C(=O)NC(CC(=O)O)C(=O)NC(C(=O)NC(CCC(=O)O)C(=O)O)C(C)O. The quantitative estimate of drug-likeness (QED) is 0.124. The summed E-state index contributed by atoms with van der Waals surface area (Å²) in [7, 11) is 0. The fourth-order valence-electron chi connectivity index (χ4n) is 2.72. The fourth-order valence-corrected chi connectivity index (χ4v) is 2.72. The number of hydrogen-bond donors (Lipinski definition) is 8. The standard InChI is InChI=1S/C19H32N4O10/c1-8(2)6-10(20)16(29)22-12(7-14(27)28)17(30)23-15(9(3)24)18(31)21-11(19(32)33)4-5-13(25)26/h8-12,15,24H,4-7,20H2,1-3H3,(H,21,31)(H,22,29)(H,23,30)(H,25,26)(H,27,28)(H,32,33). The Balaban J connectivity index is 5.43. The lowest BCUT2D eigenvalue weighted by Crippen LogP contribution is -2.60. The first-order chi connectivity index (χ1) is 15.1. The molecule has 9 N–H and O–H groups in total. The number of aliphatic hydroxyl groups is 1. The molecular weight excluding hydrogens is 444 g/mol. The lowest BCUT2D eigenvalue weighted by Gasteiger charge is -2.26. The summed E-state index contributed by atoms with van der Waals surface area (Å²) in [6, 6.07) is -5.99. The summed E-state index contributed by atoms with van der Waals surface area (Å²) >= 11 is 0. The number of aliphatic carboxylic acids is 3. The van der Waals surface area contributed by atoms with Crippen LogP contribution in [0, 0.1) is 5.92 Å². The van der Waals surface area contributed by atoms with Crippen LogP contribution in [0.4, 0.5) is 0 Å². The van der Waals surface area contributed by atoms with E-state index in [-0.39, 0.29) is 12.3 Å². The molecule has 14 nitrogen and oxygen atoms in total. The Bertz CT molecular complexity index is 740. The zero-order valence-electron chi connectivity index (χ0n) is 18.6. The van der Waals surface area contributed by atoms with Crippen LogP contribution in [0.15, 0.2) is 0 Å². The van der Waals surface area contributed by atoms with Gasteiger partial charge in [0.1, 0.15) is 18.1 Å². The number of aliphatic hydroxyl groups excluding tert-OH is 1. The summed E-state index contributed by atoms with van der Waals surface area (Å²) in [6.07, 6.45) is -3.16. The van der Waals surface area contributed by atoms with Crippen LogP contribution in [0.3, 0.4) is 0 Å². The molecule has 0 aromatic carbocycles. The Labute approximate surface area is 189 Å². The minimum absolute atomic E-state index is 0.0455. The van der Waals surface area contributed by atoms with Gasteiger partial charge in [-0.3, -0.25) is 24.0 Å². The average molecular weight is 476 g/mol. The van der Waals surface area contributed by atoms with Crippen molar-refractivity contribution < 1.29 is 49.2 Å². The molecule has 0 spiro atoms. The summed E-state index contributed by atoms with van der Waals surface area (Å²) in [5.41, 5.74) is 5.74. The number of amides is 3. The molecule has 0 aromatic rings. The van der Waals surface area contributed by atoms with Crippen LogP contribution in [-0.2, 0) is 28.8 Å². The third-order valence-electron chi connectivity index (χ3n) is 4.40. The van der Waals surface area contributed by atoms with E-state index >= 15 is 0 Å². The lowest BCUT2D eigenvalue weighted by atomic mass is 10.0. The van der Waals surface area contributed by atoms with Crippen molar-refractivity contribution in [3.8, 4) is 0 Å². The van der Waals surface area contributed by atoms with Gasteiger partial charge in [-0.15, -0.1) is 0 Å². The average Bonchev–Trinajstić information content (AvgIpc) is 2.66. The smallest absolute Gasteiger partial charge is 0.326 e. The first kappa shape index (κ1) is 29.7. The van der Waals surface area contributed by atoms with E-state index in [0.29, 0.717) is 0 Å². The van der Waals surface area contributed by atoms with E-state index in [2.05, 4.69) is 10.6 Å². The number of carbonyl (C=O) groups excluding carboxylic acids is 3. The Morgan fingerprint density at radius 3 is 1.76 bits per heavy atom. The first-order valence-electron chi connectivity index (χ1n) is 10.2. The van der Waals surface area contributed by atoms with Gasteiger partial charge in [-0.1, -0.05) is 13.8 Å². The van der Waals surface area contributed by atoms with E-state index in [4.69, 9.17) is 21.1 Å². The van der Waals surface area contributed by atoms with Gasteiger partial charge in [-0.2, -0.15) is 0 Å². The summed E-state index contributed by atoms with van der Waals surface area (Å²) in [5.74, 6) is -7.28. The molecule has 0 aromatic heterocycles. The molecule has 0 aliphatic heterocycles. The maximum Gasteiger partial charge on any atom is 0.326 e. The molecule has 0 heterocycles. The number of carbonyl (C=O) groups is 6. The molecule has 0 radical (unpaired) electrons. The maximum absolute atomic E-state index is 12.6. The molecule has 0 aliphatic rings. The molecular formula is C19H32N4O10. The molecule has 0 saturated heterocycles. The largest absolute Gasteiger partial charge is 0.481 e. The highest BCUT2D eigenvalue weighted by Gasteiger charge is 2.33. The number of nitrogens with one attached hydrogen (secondary N) is 3. The molecule has 0 saturated carbocycles. The molecule has 14 heteroatoms. The van der Waals surface area contributed by atoms with Gasteiger partial charge in [0, 0.05) is 6.42 Å². The zero-order valence-corrected chi connectivity index (χ0v) is 18.6. The first-order valence-corrected chi connectivity index (χ1v) is 10.2. The minimum atomic E-state index is -1.72. The molecule has 0 bridgehead atoms. The van der Waals surface area contributed by atoms with E-state index in [1.165, 1.54) is 0 Å². The molecule has 188 valence electrons. The van der Waals surface area contributed by atoms with Gasteiger partial charge >= 0.3 is 17.9 Å². The van der Waals surface area contributed by atoms with Gasteiger partial charge in [-0.05, 0) is 25.7 Å². The van der Waals surface area contributed by atoms with Crippen molar-refractivity contribution in [1.82, 2.24) is 16.0 Å². The third kappa shape index (κ3) is 11.8. The van der Waals surface area contributed by atoms with E-state index in [1.807, 2.05) is 5.32 Å². The highest BCUT2D eigenvalue weighted by Crippen LogP contribution is 2.05. The molecule has 5 atom stereocenters. The number of rotatable bonds is 15. The Kier molecular flexibility index (Phi) is 12.6. The number of hydrogen-bond acceptors (Lipinski definition) is 8. The van der Waals surface area contributed by atoms with E-state index in [1.54, 1.807) is 13.8 Å². The van der Waals surface area contributed by atoms with Gasteiger partial charge < -0.3 is 42.1 Å². The number of carboxylic acid groups (broad SMARTS) is 3. The van der Waals surface area contributed by atoms with Gasteiger partial charge in [-0.25, -0.2) is 4.79 Å². The molecule has 3 amide bonds. The van der Waals surface area contributed by atoms with Crippen molar-refractivity contribution in [3.63, 3.8) is 0 Å². The number of carboxylic acids is 3. The predicted octanol–water partition coefficient (Wildman–Crippen LogP) is -2.38. The highest BCUT2D eigenvalue weighted by molar-refractivity contribution is 5.95. The van der Waals surface area contributed by atoms with Crippen LogP contribution in [0.1, 0.15) is 46.5 Å². The van der Waals surface area contributed by atoms with Gasteiger partial charge in [0.2, 0.25) is 17.7 Å². The Hall–Kier alpha value is -3.26. The van der Waals surface area contributed by atoms with Gasteiger partial charge in [0.15, 0.2) is 0 Å². The lowest BCUT2D eigenvalue weighted by molar-refractivity contribution is -0.145.